The van der Waals surface area contributed by atoms with Crippen molar-refractivity contribution in [2.75, 3.05) is 6.54 Å². The van der Waals surface area contributed by atoms with Crippen LogP contribution in [-0.4, -0.2) is 29.4 Å². The van der Waals surface area contributed by atoms with Crippen LogP contribution in [0, 0.1) is 5.82 Å². The zero-order valence-electron chi connectivity index (χ0n) is 14.3. The van der Waals surface area contributed by atoms with Gasteiger partial charge in [0, 0.05) is 24.7 Å². The number of rotatable bonds is 7. The summed E-state index contributed by atoms with van der Waals surface area (Å²) in [6, 6.07) is 4.44. The average molecular weight is 326 g/mol. The van der Waals surface area contributed by atoms with Crippen LogP contribution in [0.4, 0.5) is 9.18 Å². The van der Waals surface area contributed by atoms with Gasteiger partial charge in [-0.05, 0) is 33.3 Å². The minimum absolute atomic E-state index is 0.00943. The molecule has 1 atom stereocenters. The lowest BCUT2D eigenvalue weighted by molar-refractivity contribution is 0.0521. The zero-order valence-corrected chi connectivity index (χ0v) is 14.3. The predicted molar refractivity (Wildman–Crippen MR) is 87.8 cm³/mol. The average Bonchev–Trinajstić information content (AvgIpc) is 2.44. The number of carbonyl (C=O) groups is 1. The molecule has 0 spiro atoms. The molecule has 1 aromatic rings. The number of hydrogen-bond acceptors (Lipinski definition) is 4. The molecule has 0 aliphatic heterocycles. The number of phenolic OH excluding ortho intramolecular Hbond substituents is 1. The van der Waals surface area contributed by atoms with E-state index in [0.717, 1.165) is 12.8 Å². The van der Waals surface area contributed by atoms with E-state index in [-0.39, 0.29) is 11.8 Å². The van der Waals surface area contributed by atoms with E-state index in [4.69, 9.17) is 4.74 Å². The Morgan fingerprint density at radius 1 is 1.39 bits per heavy atom. The van der Waals surface area contributed by atoms with Crippen molar-refractivity contribution in [3.63, 3.8) is 0 Å². The minimum Gasteiger partial charge on any atom is -0.505 e. The van der Waals surface area contributed by atoms with E-state index in [2.05, 4.69) is 10.6 Å². The number of amides is 1. The number of aromatic hydroxyl groups is 1. The summed E-state index contributed by atoms with van der Waals surface area (Å²) in [5, 5.41) is 15.6. The third-order valence-corrected chi connectivity index (χ3v) is 3.18. The van der Waals surface area contributed by atoms with Gasteiger partial charge in [0.2, 0.25) is 0 Å². The largest absolute Gasteiger partial charge is 0.505 e. The van der Waals surface area contributed by atoms with Crippen molar-refractivity contribution in [1.29, 1.82) is 0 Å². The van der Waals surface area contributed by atoms with Crippen LogP contribution in [0.15, 0.2) is 18.2 Å². The van der Waals surface area contributed by atoms with Gasteiger partial charge in [0.05, 0.1) is 0 Å². The van der Waals surface area contributed by atoms with Gasteiger partial charge >= 0.3 is 6.09 Å². The van der Waals surface area contributed by atoms with Gasteiger partial charge in [-0.15, -0.1) is 0 Å². The topological polar surface area (TPSA) is 70.6 Å². The van der Waals surface area contributed by atoms with Crippen molar-refractivity contribution in [3.8, 4) is 5.75 Å². The number of phenols is 1. The van der Waals surface area contributed by atoms with Crippen molar-refractivity contribution < 1.29 is 19.0 Å². The summed E-state index contributed by atoms with van der Waals surface area (Å²) in [5.41, 5.74) is -0.0474. The summed E-state index contributed by atoms with van der Waals surface area (Å²) < 4.78 is 18.5. The molecular weight excluding hydrogens is 299 g/mol. The number of alkyl carbamates (subject to hydrolysis) is 1. The lowest BCUT2D eigenvalue weighted by Gasteiger charge is -2.22. The second kappa shape index (κ2) is 8.72. The maximum Gasteiger partial charge on any atom is 0.407 e. The molecule has 130 valence electrons. The second-order valence-electron chi connectivity index (χ2n) is 6.50. The number of carbonyl (C=O) groups excluding carboxylic acids is 1. The molecule has 0 heterocycles. The number of nitrogens with one attached hydrogen (secondary N) is 2. The number of benzene rings is 1. The Morgan fingerprint density at radius 2 is 2.09 bits per heavy atom. The Labute approximate surface area is 137 Å². The third-order valence-electron chi connectivity index (χ3n) is 3.18. The van der Waals surface area contributed by atoms with Gasteiger partial charge in [-0.3, -0.25) is 0 Å². The summed E-state index contributed by atoms with van der Waals surface area (Å²) >= 11 is 0. The maximum absolute atomic E-state index is 13.3. The molecule has 0 saturated carbocycles. The van der Waals surface area contributed by atoms with E-state index in [1.807, 2.05) is 6.92 Å². The van der Waals surface area contributed by atoms with Crippen LogP contribution >= 0.6 is 0 Å². The summed E-state index contributed by atoms with van der Waals surface area (Å²) in [6.07, 6.45) is 1.31. The first-order valence-corrected chi connectivity index (χ1v) is 7.89. The van der Waals surface area contributed by atoms with Gasteiger partial charge in [-0.25, -0.2) is 9.18 Å². The molecule has 1 rings (SSSR count). The van der Waals surface area contributed by atoms with Gasteiger partial charge in [0.25, 0.3) is 0 Å². The summed E-state index contributed by atoms with van der Waals surface area (Å²) in [7, 11) is 0. The van der Waals surface area contributed by atoms with Crippen LogP contribution < -0.4 is 10.6 Å². The normalized spacial score (nSPS) is 12.7. The molecule has 0 fully saturated rings. The Hall–Kier alpha value is -1.82. The van der Waals surface area contributed by atoms with Gasteiger partial charge in [0.15, 0.2) is 11.6 Å². The lowest BCUT2D eigenvalue weighted by atomic mass is 10.1. The Morgan fingerprint density at radius 3 is 2.70 bits per heavy atom. The van der Waals surface area contributed by atoms with Crippen LogP contribution in [0.25, 0.3) is 0 Å². The molecule has 0 bridgehead atoms. The van der Waals surface area contributed by atoms with Gasteiger partial charge in [-0.1, -0.05) is 25.5 Å². The Kier molecular flexibility index (Phi) is 7.29. The van der Waals surface area contributed by atoms with Crippen LogP contribution in [0.5, 0.6) is 5.75 Å². The third kappa shape index (κ3) is 7.32. The quantitative estimate of drug-likeness (QED) is 0.719. The number of halogens is 1. The fourth-order valence-corrected chi connectivity index (χ4v) is 2.10. The molecule has 0 radical (unpaired) electrons. The highest BCUT2D eigenvalue weighted by atomic mass is 19.1. The molecule has 0 aliphatic carbocycles. The van der Waals surface area contributed by atoms with Crippen LogP contribution in [0.1, 0.15) is 46.1 Å². The molecule has 1 aromatic carbocycles. The summed E-state index contributed by atoms with van der Waals surface area (Å²) in [4.78, 5) is 11.7. The fraction of sp³-hybridized carbons (Fsp3) is 0.588. The van der Waals surface area contributed by atoms with E-state index in [9.17, 15) is 14.3 Å². The van der Waals surface area contributed by atoms with Crippen LogP contribution in [0.2, 0.25) is 0 Å². The molecule has 23 heavy (non-hydrogen) atoms. The van der Waals surface area contributed by atoms with Crippen LogP contribution in [0.3, 0.4) is 0 Å². The van der Waals surface area contributed by atoms with E-state index in [1.165, 1.54) is 6.07 Å². The Bertz CT molecular complexity index is 515. The number of para-hydroxylation sites is 1. The molecule has 3 N–H and O–H groups in total. The smallest absolute Gasteiger partial charge is 0.407 e. The fourth-order valence-electron chi connectivity index (χ4n) is 2.10. The van der Waals surface area contributed by atoms with E-state index in [1.54, 1.807) is 32.9 Å². The summed E-state index contributed by atoms with van der Waals surface area (Å²) in [6.45, 7) is 8.19. The highest BCUT2D eigenvalue weighted by molar-refractivity contribution is 5.67. The maximum atomic E-state index is 13.3. The molecule has 1 unspecified atom stereocenters. The van der Waals surface area contributed by atoms with Crippen LogP contribution in [-0.2, 0) is 11.3 Å². The second-order valence-corrected chi connectivity index (χ2v) is 6.50. The van der Waals surface area contributed by atoms with Gasteiger partial charge in [0.1, 0.15) is 5.60 Å². The van der Waals surface area contributed by atoms with E-state index >= 15 is 0 Å². The molecule has 6 heteroatoms. The molecule has 0 aliphatic rings. The molecule has 1 amide bonds. The van der Waals surface area contributed by atoms with Crippen molar-refractivity contribution in [3.05, 3.63) is 29.6 Å². The van der Waals surface area contributed by atoms with Crippen molar-refractivity contribution >= 4 is 6.09 Å². The molecule has 0 saturated heterocycles. The first-order valence-electron chi connectivity index (χ1n) is 7.89. The highest BCUT2D eigenvalue weighted by Gasteiger charge is 2.17. The first kappa shape index (κ1) is 19.2. The molecule has 5 nitrogen and oxygen atoms in total. The molecule has 0 aromatic heterocycles. The summed E-state index contributed by atoms with van der Waals surface area (Å²) in [5.74, 6) is -0.974. The monoisotopic (exact) mass is 326 g/mol. The van der Waals surface area contributed by atoms with E-state index < -0.39 is 17.5 Å². The standard InChI is InChI=1S/C17H27FN2O3/c1-5-7-13(11-20-16(22)23-17(2,3)4)19-10-12-8-6-9-14(18)15(12)21/h6,8-9,13,19,21H,5,7,10-11H2,1-4H3,(H,20,22). The number of hydrogen-bond donors (Lipinski definition) is 3. The van der Waals surface area contributed by atoms with Gasteiger partial charge in [-0.2, -0.15) is 0 Å². The minimum atomic E-state index is -0.636. The molecular formula is C17H27FN2O3. The highest BCUT2D eigenvalue weighted by Crippen LogP contribution is 2.20. The van der Waals surface area contributed by atoms with Crippen molar-refractivity contribution in [2.24, 2.45) is 0 Å². The predicted octanol–water partition coefficient (Wildman–Crippen LogP) is 3.31. The SMILES string of the molecule is CCCC(CNC(=O)OC(C)(C)C)NCc1cccc(F)c1O. The van der Waals surface area contributed by atoms with Gasteiger partial charge < -0.3 is 20.5 Å². The number of ether oxygens (including phenoxy) is 1. The lowest BCUT2D eigenvalue weighted by Crippen LogP contribution is -2.42. The van der Waals surface area contributed by atoms with Crippen molar-refractivity contribution in [1.82, 2.24) is 10.6 Å². The van der Waals surface area contributed by atoms with Crippen molar-refractivity contribution in [2.45, 2.75) is 58.7 Å². The first-order chi connectivity index (χ1) is 10.7. The van der Waals surface area contributed by atoms with E-state index in [0.29, 0.717) is 18.7 Å². The zero-order chi connectivity index (χ0) is 17.5. The Balaban J connectivity index is 2.52.